The fourth-order valence-electron chi connectivity index (χ4n) is 2.26. The van der Waals surface area contributed by atoms with E-state index < -0.39 is 0 Å². The van der Waals surface area contributed by atoms with Gasteiger partial charge in [-0.1, -0.05) is 13.8 Å². The van der Waals surface area contributed by atoms with Crippen LogP contribution in [0.3, 0.4) is 0 Å². The van der Waals surface area contributed by atoms with Crippen molar-refractivity contribution in [1.29, 1.82) is 0 Å². The SMILES string of the molecule is CC.[Ir].[NH-]c1ncnn2c(C3CCC(CO)O3)ccc12. The summed E-state index contributed by atoms with van der Waals surface area (Å²) < 4.78 is 7.40. The number of rotatable bonds is 2. The van der Waals surface area contributed by atoms with E-state index in [1.807, 2.05) is 26.0 Å². The molecule has 1 fully saturated rings. The first-order chi connectivity index (χ1) is 9.29. The average molecular weight is 456 g/mol. The van der Waals surface area contributed by atoms with Crippen LogP contribution < -0.4 is 0 Å². The molecule has 2 atom stereocenters. The Hall–Kier alpha value is -1.01. The Kier molecular flexibility index (Phi) is 6.55. The largest absolute Gasteiger partial charge is 0.480 e. The molecule has 2 aromatic rings. The van der Waals surface area contributed by atoms with Crippen LogP contribution in [0.1, 0.15) is 38.5 Å². The number of fused-ring (bicyclic) bond motifs is 1. The third-order valence-corrected chi connectivity index (χ3v) is 3.12. The summed E-state index contributed by atoms with van der Waals surface area (Å²) in [5, 5.41) is 13.2. The summed E-state index contributed by atoms with van der Waals surface area (Å²) in [6.45, 7) is 4.05. The molecular formula is C13H19IrN4O2-. The molecule has 3 rings (SSSR count). The maximum Gasteiger partial charge on any atom is 0.100 e. The molecule has 1 aliphatic heterocycles. The molecule has 0 bridgehead atoms. The number of ether oxygens (including phenoxy) is 1. The normalized spacial score (nSPS) is 21.1. The van der Waals surface area contributed by atoms with Crippen LogP contribution in [0, 0.1) is 0 Å². The van der Waals surface area contributed by atoms with Crippen LogP contribution in [0.15, 0.2) is 18.5 Å². The van der Waals surface area contributed by atoms with Gasteiger partial charge in [0.05, 0.1) is 23.9 Å². The van der Waals surface area contributed by atoms with Crippen molar-refractivity contribution < 1.29 is 29.9 Å². The van der Waals surface area contributed by atoms with Gasteiger partial charge in [-0.25, -0.2) is 4.52 Å². The summed E-state index contributed by atoms with van der Waals surface area (Å²) >= 11 is 0. The van der Waals surface area contributed by atoms with E-state index in [9.17, 15) is 0 Å². The van der Waals surface area contributed by atoms with Crippen molar-refractivity contribution in [1.82, 2.24) is 14.6 Å². The predicted molar refractivity (Wildman–Crippen MR) is 72.3 cm³/mol. The van der Waals surface area contributed by atoms with Gasteiger partial charge in [0, 0.05) is 26.4 Å². The fraction of sp³-hybridized carbons (Fsp3) is 0.538. The summed E-state index contributed by atoms with van der Waals surface area (Å²) in [6.07, 6.45) is 2.96. The van der Waals surface area contributed by atoms with Crippen LogP contribution in [-0.2, 0) is 24.8 Å². The van der Waals surface area contributed by atoms with E-state index in [0.717, 1.165) is 18.5 Å². The Labute approximate surface area is 131 Å². The van der Waals surface area contributed by atoms with Gasteiger partial charge in [-0.3, -0.25) is 0 Å². The van der Waals surface area contributed by atoms with Crippen LogP contribution in [-0.4, -0.2) is 32.4 Å². The number of nitrogens with one attached hydrogen (secondary N) is 1. The maximum absolute atomic E-state index is 9.05. The third-order valence-electron chi connectivity index (χ3n) is 3.12. The van der Waals surface area contributed by atoms with E-state index in [0.29, 0.717) is 5.52 Å². The molecule has 3 heterocycles. The van der Waals surface area contributed by atoms with E-state index in [1.165, 1.54) is 6.33 Å². The molecule has 0 saturated carbocycles. The zero-order chi connectivity index (χ0) is 13.8. The second kappa shape index (κ2) is 7.69. The molecule has 1 saturated heterocycles. The topological polar surface area (TPSA) is 83.5 Å². The first kappa shape index (κ1) is 17.0. The zero-order valence-electron chi connectivity index (χ0n) is 11.5. The summed E-state index contributed by atoms with van der Waals surface area (Å²) in [7, 11) is 0. The Morgan fingerprint density at radius 1 is 1.40 bits per heavy atom. The molecule has 0 aliphatic carbocycles. The van der Waals surface area contributed by atoms with Crippen LogP contribution in [0.5, 0.6) is 0 Å². The summed E-state index contributed by atoms with van der Waals surface area (Å²) in [5.74, 6) is 0.211. The number of hydrogen-bond donors (Lipinski definition) is 1. The third kappa shape index (κ3) is 3.17. The quantitative estimate of drug-likeness (QED) is 0.755. The summed E-state index contributed by atoms with van der Waals surface area (Å²) in [4.78, 5) is 3.83. The van der Waals surface area contributed by atoms with Gasteiger partial charge in [-0.15, -0.1) is 0 Å². The van der Waals surface area contributed by atoms with Gasteiger partial charge >= 0.3 is 0 Å². The van der Waals surface area contributed by atoms with Crippen molar-refractivity contribution in [2.24, 2.45) is 0 Å². The van der Waals surface area contributed by atoms with Gasteiger partial charge < -0.3 is 20.6 Å². The molecule has 2 N–H and O–H groups in total. The molecule has 2 unspecified atom stereocenters. The molecule has 6 nitrogen and oxygen atoms in total. The number of nitrogens with zero attached hydrogens (tertiary/aromatic N) is 3. The van der Waals surface area contributed by atoms with Gasteiger partial charge in [0.2, 0.25) is 0 Å². The maximum atomic E-state index is 9.05. The van der Waals surface area contributed by atoms with Crippen LogP contribution >= 0.6 is 0 Å². The molecule has 1 aliphatic rings. The predicted octanol–water partition coefficient (Wildman–Crippen LogP) is 2.65. The van der Waals surface area contributed by atoms with Crippen molar-refractivity contribution in [2.45, 2.75) is 38.9 Å². The van der Waals surface area contributed by atoms with Gasteiger partial charge in [0.15, 0.2) is 0 Å². The van der Waals surface area contributed by atoms with Crippen molar-refractivity contribution in [2.75, 3.05) is 6.61 Å². The number of aliphatic hydroxyl groups excluding tert-OH is 1. The summed E-state index contributed by atoms with van der Waals surface area (Å²) in [6, 6.07) is 3.74. The molecule has 2 aromatic heterocycles. The first-order valence-corrected chi connectivity index (χ1v) is 6.60. The van der Waals surface area contributed by atoms with Crippen LogP contribution in [0.2, 0.25) is 0 Å². The van der Waals surface area contributed by atoms with E-state index in [4.69, 9.17) is 15.6 Å². The average Bonchev–Trinajstić information content (AvgIpc) is 3.07. The van der Waals surface area contributed by atoms with Crippen LogP contribution in [0.25, 0.3) is 11.3 Å². The second-order valence-electron chi connectivity index (χ2n) is 4.17. The molecule has 7 heteroatoms. The zero-order valence-corrected chi connectivity index (χ0v) is 13.9. The first-order valence-electron chi connectivity index (χ1n) is 6.60. The molecule has 0 aromatic carbocycles. The van der Waals surface area contributed by atoms with Gasteiger partial charge in [-0.2, -0.15) is 5.10 Å². The number of aromatic nitrogens is 3. The van der Waals surface area contributed by atoms with Gasteiger partial charge in [0.25, 0.3) is 0 Å². The van der Waals surface area contributed by atoms with E-state index in [2.05, 4.69) is 10.1 Å². The number of hydrogen-bond acceptors (Lipinski definition) is 4. The van der Waals surface area contributed by atoms with Gasteiger partial charge in [-0.05, 0) is 30.8 Å². The Morgan fingerprint density at radius 3 is 2.80 bits per heavy atom. The number of aliphatic hydroxyl groups is 1. The molecule has 1 radical (unpaired) electrons. The minimum Gasteiger partial charge on any atom is -0.480 e. The van der Waals surface area contributed by atoms with E-state index in [-0.39, 0.29) is 44.7 Å². The monoisotopic (exact) mass is 456 g/mol. The molecule has 0 amide bonds. The van der Waals surface area contributed by atoms with Crippen LogP contribution in [0.4, 0.5) is 5.82 Å². The van der Waals surface area contributed by atoms with Crippen molar-refractivity contribution in [3.05, 3.63) is 29.9 Å². The smallest absolute Gasteiger partial charge is 0.100 e. The summed E-state index contributed by atoms with van der Waals surface area (Å²) in [5.41, 5.74) is 9.27. The molecule has 113 valence electrons. The van der Waals surface area contributed by atoms with Crippen molar-refractivity contribution in [3.63, 3.8) is 0 Å². The molecule has 20 heavy (non-hydrogen) atoms. The Bertz CT molecular complexity index is 546. The molecule has 0 spiro atoms. The van der Waals surface area contributed by atoms with Crippen molar-refractivity contribution in [3.8, 4) is 0 Å². The van der Waals surface area contributed by atoms with E-state index >= 15 is 0 Å². The minimum atomic E-state index is -0.0807. The fourth-order valence-corrected chi connectivity index (χ4v) is 2.26. The Balaban J connectivity index is 0.000000639. The van der Waals surface area contributed by atoms with E-state index in [1.54, 1.807) is 4.52 Å². The van der Waals surface area contributed by atoms with Gasteiger partial charge in [0.1, 0.15) is 6.10 Å². The molecular weight excluding hydrogens is 436 g/mol. The minimum absolute atomic E-state index is 0. The standard InChI is InChI=1S/C11H13N4O2.C2H6.Ir/c12-11-9-3-2-8(15(9)14-6-13-11)10-4-1-7(5-16)17-10;1-2;/h2-3,6-7,10,16H,1,4-5H2,(H-,12,13,14);1-2H3;/q-1;;. The second-order valence-corrected chi connectivity index (χ2v) is 4.17. The Morgan fingerprint density at radius 2 is 2.15 bits per heavy atom. The van der Waals surface area contributed by atoms with Crippen molar-refractivity contribution >= 4 is 11.3 Å².